The van der Waals surface area contributed by atoms with Crippen LogP contribution in [0.1, 0.15) is 0 Å². The number of fused-ring (bicyclic) bond motifs is 9. The molecule has 11 aromatic rings. The molecule has 0 aliphatic heterocycles. The van der Waals surface area contributed by atoms with Crippen LogP contribution in [-0.2, 0) is 0 Å². The lowest BCUT2D eigenvalue weighted by Gasteiger charge is -2.26. The molecule has 0 saturated heterocycles. The van der Waals surface area contributed by atoms with Gasteiger partial charge in [-0.2, -0.15) is 0 Å². The van der Waals surface area contributed by atoms with Gasteiger partial charge in [-0.25, -0.2) is 4.98 Å². The Kier molecular flexibility index (Phi) is 7.42. The molecule has 264 valence electrons. The zero-order valence-corrected chi connectivity index (χ0v) is 30.2. The molecule has 0 N–H and O–H groups in total. The predicted molar refractivity (Wildman–Crippen MR) is 231 cm³/mol. The van der Waals surface area contributed by atoms with Gasteiger partial charge in [-0.05, 0) is 102 Å². The zero-order chi connectivity index (χ0) is 37.0. The average molecular weight is 720 g/mol. The fourth-order valence-electron chi connectivity index (χ4n) is 8.15. The summed E-state index contributed by atoms with van der Waals surface area (Å²) in [5, 5.41) is 6.44. The second-order valence-corrected chi connectivity index (χ2v) is 13.9. The number of aromatic nitrogens is 1. The van der Waals surface area contributed by atoms with Crippen LogP contribution in [0.4, 0.5) is 34.1 Å². The van der Waals surface area contributed by atoms with Crippen LogP contribution in [0, 0.1) is 0 Å². The number of para-hydroxylation sites is 4. The molecule has 0 saturated carbocycles. The van der Waals surface area contributed by atoms with Crippen LogP contribution in [0.25, 0.3) is 66.0 Å². The number of benzene rings is 9. The summed E-state index contributed by atoms with van der Waals surface area (Å²) in [5.74, 6) is 0.568. The van der Waals surface area contributed by atoms with Gasteiger partial charge in [0.1, 0.15) is 16.7 Å². The highest BCUT2D eigenvalue weighted by Crippen LogP contribution is 2.45. The lowest BCUT2D eigenvalue weighted by atomic mass is 9.99. The van der Waals surface area contributed by atoms with Gasteiger partial charge in [0.05, 0.1) is 11.1 Å². The first-order valence-electron chi connectivity index (χ1n) is 18.8. The van der Waals surface area contributed by atoms with E-state index < -0.39 is 0 Å². The predicted octanol–water partition coefficient (Wildman–Crippen LogP) is 14.6. The van der Waals surface area contributed by atoms with Gasteiger partial charge in [-0.15, -0.1) is 0 Å². The van der Waals surface area contributed by atoms with Gasteiger partial charge >= 0.3 is 0 Å². The standard InChI is InChI=1S/C51H33N3O2/c1-4-17-35(18-5-1)53(36-19-6-2-7-20-36)39-30-31-41-44(33-39)40-24-10-11-25-42(40)50-49(41)52-51(56-50)34-16-14-23-38(32-34)54(37-21-8-3-9-22-37)45-27-15-29-47-48(45)43-26-12-13-28-46(43)55-47/h1-33H. The molecule has 5 heteroatoms. The van der Waals surface area contributed by atoms with E-state index in [0.717, 1.165) is 94.3 Å². The van der Waals surface area contributed by atoms with E-state index in [0.29, 0.717) is 5.89 Å². The maximum atomic E-state index is 6.80. The molecule has 11 rings (SSSR count). The van der Waals surface area contributed by atoms with E-state index in [1.165, 1.54) is 0 Å². The summed E-state index contributed by atoms with van der Waals surface area (Å²) in [6.07, 6.45) is 0. The molecule has 0 amide bonds. The molecular weight excluding hydrogens is 687 g/mol. The summed E-state index contributed by atoms with van der Waals surface area (Å²) < 4.78 is 13.1. The van der Waals surface area contributed by atoms with Gasteiger partial charge in [-0.3, -0.25) is 0 Å². The third-order valence-electron chi connectivity index (χ3n) is 10.6. The van der Waals surface area contributed by atoms with Crippen LogP contribution < -0.4 is 9.80 Å². The Balaban J connectivity index is 1.08. The number of anilines is 6. The minimum atomic E-state index is 0.568. The lowest BCUT2D eigenvalue weighted by Crippen LogP contribution is -2.10. The Morgan fingerprint density at radius 2 is 0.929 bits per heavy atom. The number of rotatable bonds is 7. The number of nitrogens with zero attached hydrogens (tertiary/aromatic N) is 3. The molecule has 5 nitrogen and oxygen atoms in total. The minimum Gasteiger partial charge on any atom is -0.456 e. The summed E-state index contributed by atoms with van der Waals surface area (Å²) in [7, 11) is 0. The summed E-state index contributed by atoms with van der Waals surface area (Å²) in [5.41, 5.74) is 10.5. The quantitative estimate of drug-likeness (QED) is 0.153. The Morgan fingerprint density at radius 1 is 0.357 bits per heavy atom. The molecule has 0 spiro atoms. The summed E-state index contributed by atoms with van der Waals surface area (Å²) >= 11 is 0. The second kappa shape index (κ2) is 13.0. The smallest absolute Gasteiger partial charge is 0.227 e. The van der Waals surface area contributed by atoms with Crippen molar-refractivity contribution in [3.8, 4) is 11.5 Å². The maximum Gasteiger partial charge on any atom is 0.227 e. The van der Waals surface area contributed by atoms with E-state index in [1.807, 2.05) is 24.3 Å². The molecule has 0 fully saturated rings. The van der Waals surface area contributed by atoms with E-state index in [2.05, 4.69) is 186 Å². The van der Waals surface area contributed by atoms with Crippen molar-refractivity contribution in [3.63, 3.8) is 0 Å². The Morgan fingerprint density at radius 3 is 1.66 bits per heavy atom. The second-order valence-electron chi connectivity index (χ2n) is 13.9. The Bertz CT molecular complexity index is 3170. The van der Waals surface area contributed by atoms with Crippen LogP contribution in [-0.4, -0.2) is 4.98 Å². The molecule has 0 aliphatic rings. The minimum absolute atomic E-state index is 0.568. The topological polar surface area (TPSA) is 45.7 Å². The Hall–Kier alpha value is -7.63. The van der Waals surface area contributed by atoms with Crippen LogP contribution >= 0.6 is 0 Å². The van der Waals surface area contributed by atoms with Gasteiger partial charge in [0.25, 0.3) is 0 Å². The van der Waals surface area contributed by atoms with E-state index >= 15 is 0 Å². The van der Waals surface area contributed by atoms with Crippen molar-refractivity contribution in [2.45, 2.75) is 0 Å². The maximum absolute atomic E-state index is 6.80. The molecule has 0 radical (unpaired) electrons. The first kappa shape index (κ1) is 31.9. The van der Waals surface area contributed by atoms with E-state index in [1.54, 1.807) is 0 Å². The molecule has 2 heterocycles. The highest BCUT2D eigenvalue weighted by molar-refractivity contribution is 6.23. The van der Waals surface area contributed by atoms with Crippen LogP contribution in [0.3, 0.4) is 0 Å². The molecular formula is C51H33N3O2. The molecule has 0 unspecified atom stereocenters. The van der Waals surface area contributed by atoms with Gasteiger partial charge in [-0.1, -0.05) is 109 Å². The van der Waals surface area contributed by atoms with Crippen LogP contribution in [0.2, 0.25) is 0 Å². The Labute approximate surface area is 322 Å². The molecule has 0 bridgehead atoms. The monoisotopic (exact) mass is 719 g/mol. The van der Waals surface area contributed by atoms with Crippen molar-refractivity contribution in [1.29, 1.82) is 0 Å². The third kappa shape index (κ3) is 5.21. The molecule has 0 atom stereocenters. The van der Waals surface area contributed by atoms with Gasteiger partial charge in [0, 0.05) is 50.2 Å². The zero-order valence-electron chi connectivity index (χ0n) is 30.2. The first-order valence-corrected chi connectivity index (χ1v) is 18.8. The summed E-state index contributed by atoms with van der Waals surface area (Å²) in [4.78, 5) is 9.85. The summed E-state index contributed by atoms with van der Waals surface area (Å²) in [6, 6.07) is 69.5. The fraction of sp³-hybridized carbons (Fsp3) is 0. The van der Waals surface area contributed by atoms with Crippen molar-refractivity contribution in [2.75, 3.05) is 9.80 Å². The number of hydrogen-bond donors (Lipinski definition) is 0. The SMILES string of the molecule is c1ccc(N(c2ccccc2)c2ccc3c(c2)c2ccccc2c2oc(-c4cccc(N(c5ccccc5)c5cccc6oc7ccccc7c56)c4)nc32)cc1. The highest BCUT2D eigenvalue weighted by atomic mass is 16.3. The van der Waals surface area contributed by atoms with Crippen LogP contribution in [0.5, 0.6) is 0 Å². The van der Waals surface area contributed by atoms with Crippen molar-refractivity contribution in [1.82, 2.24) is 4.98 Å². The van der Waals surface area contributed by atoms with Crippen molar-refractivity contribution in [2.24, 2.45) is 0 Å². The first-order chi connectivity index (χ1) is 27.8. The fourth-order valence-corrected chi connectivity index (χ4v) is 8.15. The van der Waals surface area contributed by atoms with E-state index in [4.69, 9.17) is 13.8 Å². The number of furan rings is 1. The molecule has 9 aromatic carbocycles. The number of oxazole rings is 1. The van der Waals surface area contributed by atoms with Gasteiger partial charge in [0.2, 0.25) is 5.89 Å². The van der Waals surface area contributed by atoms with E-state index in [9.17, 15) is 0 Å². The number of hydrogen-bond acceptors (Lipinski definition) is 5. The van der Waals surface area contributed by atoms with Crippen LogP contribution in [0.15, 0.2) is 209 Å². The summed E-state index contributed by atoms with van der Waals surface area (Å²) in [6.45, 7) is 0. The average Bonchev–Trinajstić information content (AvgIpc) is 3.89. The normalized spacial score (nSPS) is 11.6. The largest absolute Gasteiger partial charge is 0.456 e. The molecule has 56 heavy (non-hydrogen) atoms. The highest BCUT2D eigenvalue weighted by Gasteiger charge is 2.22. The van der Waals surface area contributed by atoms with Crippen molar-refractivity contribution < 1.29 is 8.83 Å². The van der Waals surface area contributed by atoms with Gasteiger partial charge < -0.3 is 18.6 Å². The van der Waals surface area contributed by atoms with Crippen molar-refractivity contribution in [3.05, 3.63) is 200 Å². The lowest BCUT2D eigenvalue weighted by molar-refractivity contribution is 0.623. The van der Waals surface area contributed by atoms with Gasteiger partial charge in [0.15, 0.2) is 5.58 Å². The third-order valence-corrected chi connectivity index (χ3v) is 10.6. The molecule has 2 aromatic heterocycles. The van der Waals surface area contributed by atoms with Crippen molar-refractivity contribution >= 4 is 88.7 Å². The molecule has 0 aliphatic carbocycles. The van der Waals surface area contributed by atoms with E-state index in [-0.39, 0.29) is 0 Å².